The van der Waals surface area contributed by atoms with Crippen LogP contribution in [0.25, 0.3) is 10.9 Å². The number of aromatic nitrogens is 2. The lowest BCUT2D eigenvalue weighted by atomic mass is 9.91. The first-order chi connectivity index (χ1) is 9.65. The van der Waals surface area contributed by atoms with Gasteiger partial charge in [0.25, 0.3) is 0 Å². The Balaban J connectivity index is 1.91. The predicted molar refractivity (Wildman–Crippen MR) is 83.8 cm³/mol. The average Bonchev–Trinajstić information content (AvgIpc) is 2.46. The minimum absolute atomic E-state index is 0.314. The highest BCUT2D eigenvalue weighted by Gasteiger charge is 2.25. The number of fused-ring (bicyclic) bond motifs is 1. The van der Waals surface area contributed by atoms with E-state index in [1.807, 2.05) is 12.1 Å². The minimum atomic E-state index is -0.828. The van der Waals surface area contributed by atoms with Gasteiger partial charge in [-0.25, -0.2) is 14.8 Å². The number of likely N-dealkylation sites (tertiary alicyclic amines) is 1. The third-order valence-corrected chi connectivity index (χ3v) is 4.45. The Hall–Kier alpha value is -1.44. The summed E-state index contributed by atoms with van der Waals surface area (Å²) < 4.78 is 1.16. The third kappa shape index (κ3) is 2.56. The molecule has 104 valence electrons. The summed E-state index contributed by atoms with van der Waals surface area (Å²) in [5.74, 6) is 0.314. The Bertz CT molecular complexity index is 654. The van der Waals surface area contributed by atoms with E-state index in [0.29, 0.717) is 19.0 Å². The van der Waals surface area contributed by atoms with E-state index in [1.165, 1.54) is 4.90 Å². The van der Waals surface area contributed by atoms with Gasteiger partial charge in [0.1, 0.15) is 6.33 Å². The fourth-order valence-electron chi connectivity index (χ4n) is 2.72. The van der Waals surface area contributed by atoms with Crippen molar-refractivity contribution in [2.75, 3.05) is 13.1 Å². The van der Waals surface area contributed by atoms with Crippen molar-refractivity contribution < 1.29 is 9.90 Å². The smallest absolute Gasteiger partial charge is 0.407 e. The van der Waals surface area contributed by atoms with Crippen molar-refractivity contribution in [1.82, 2.24) is 14.9 Å². The molecule has 0 radical (unpaired) electrons. The number of hydrogen-bond acceptors (Lipinski definition) is 3. The normalized spacial score (nSPS) is 16.6. The summed E-state index contributed by atoms with van der Waals surface area (Å²) in [6.45, 7) is 1.16. The molecule has 2 aromatic rings. The van der Waals surface area contributed by atoms with Crippen LogP contribution in [0.3, 0.4) is 0 Å². The molecule has 0 saturated carbocycles. The first-order valence-electron chi connectivity index (χ1n) is 6.53. The van der Waals surface area contributed by atoms with Gasteiger partial charge >= 0.3 is 6.09 Å². The third-order valence-electron chi connectivity index (χ3n) is 3.78. The van der Waals surface area contributed by atoms with E-state index in [-0.39, 0.29) is 0 Å². The molecular weight excluding hydrogens is 369 g/mol. The molecule has 1 aromatic carbocycles. The van der Waals surface area contributed by atoms with E-state index in [4.69, 9.17) is 5.11 Å². The van der Waals surface area contributed by atoms with Gasteiger partial charge in [0.05, 0.1) is 11.2 Å². The molecule has 2 heterocycles. The van der Waals surface area contributed by atoms with E-state index < -0.39 is 6.09 Å². The molecule has 5 nitrogen and oxygen atoms in total. The van der Waals surface area contributed by atoms with E-state index in [1.54, 1.807) is 6.33 Å². The summed E-state index contributed by atoms with van der Waals surface area (Å²) in [6, 6.07) is 6.15. The molecular formula is C14H14IN3O2. The van der Waals surface area contributed by atoms with E-state index in [9.17, 15) is 4.79 Å². The highest BCUT2D eigenvalue weighted by molar-refractivity contribution is 14.1. The van der Waals surface area contributed by atoms with Gasteiger partial charge in [-0.05, 0) is 53.6 Å². The highest BCUT2D eigenvalue weighted by Crippen LogP contribution is 2.31. The fourth-order valence-corrected chi connectivity index (χ4v) is 3.21. The Morgan fingerprint density at radius 3 is 2.75 bits per heavy atom. The number of carboxylic acid groups (broad SMARTS) is 1. The van der Waals surface area contributed by atoms with Gasteiger partial charge in [-0.2, -0.15) is 0 Å². The molecule has 1 N–H and O–H groups in total. The maximum absolute atomic E-state index is 11.0. The van der Waals surface area contributed by atoms with Gasteiger partial charge in [0, 0.05) is 28.0 Å². The molecule has 1 saturated heterocycles. The van der Waals surface area contributed by atoms with Gasteiger partial charge in [0.15, 0.2) is 0 Å². The zero-order valence-electron chi connectivity index (χ0n) is 10.8. The summed E-state index contributed by atoms with van der Waals surface area (Å²) in [6.07, 6.45) is 2.42. The van der Waals surface area contributed by atoms with Crippen LogP contribution >= 0.6 is 22.6 Å². The average molecular weight is 383 g/mol. The van der Waals surface area contributed by atoms with Crippen molar-refractivity contribution in [1.29, 1.82) is 0 Å². The number of piperidine rings is 1. The number of carbonyl (C=O) groups is 1. The summed E-state index contributed by atoms with van der Waals surface area (Å²) in [4.78, 5) is 21.2. The second-order valence-electron chi connectivity index (χ2n) is 4.96. The lowest BCUT2D eigenvalue weighted by molar-refractivity contribution is 0.132. The van der Waals surface area contributed by atoms with Gasteiger partial charge in [-0.1, -0.05) is 0 Å². The van der Waals surface area contributed by atoms with Gasteiger partial charge in [0.2, 0.25) is 0 Å². The Kier molecular flexibility index (Phi) is 3.73. The Morgan fingerprint density at radius 2 is 2.05 bits per heavy atom. The molecule has 0 aliphatic carbocycles. The topological polar surface area (TPSA) is 66.3 Å². The molecule has 1 aliphatic heterocycles. The van der Waals surface area contributed by atoms with Crippen LogP contribution in [0, 0.1) is 3.57 Å². The van der Waals surface area contributed by atoms with E-state index in [2.05, 4.69) is 38.6 Å². The van der Waals surface area contributed by atoms with Crippen molar-refractivity contribution >= 4 is 39.6 Å². The highest BCUT2D eigenvalue weighted by atomic mass is 127. The summed E-state index contributed by atoms with van der Waals surface area (Å²) in [5.41, 5.74) is 2.01. The largest absolute Gasteiger partial charge is 0.465 e. The summed E-state index contributed by atoms with van der Waals surface area (Å²) in [5, 5.41) is 10.1. The molecule has 0 spiro atoms. The van der Waals surface area contributed by atoms with Crippen molar-refractivity contribution in [3.63, 3.8) is 0 Å². The van der Waals surface area contributed by atoms with Crippen molar-refractivity contribution in [2.24, 2.45) is 0 Å². The van der Waals surface area contributed by atoms with Crippen molar-refractivity contribution in [3.05, 3.63) is 33.8 Å². The summed E-state index contributed by atoms with van der Waals surface area (Å²) in [7, 11) is 0. The zero-order chi connectivity index (χ0) is 14.1. The van der Waals surface area contributed by atoms with Crippen LogP contribution in [-0.2, 0) is 0 Å². The van der Waals surface area contributed by atoms with Crippen LogP contribution in [0.4, 0.5) is 4.79 Å². The maximum atomic E-state index is 11.0. The number of amides is 1. The molecule has 6 heteroatoms. The number of hydrogen-bond donors (Lipinski definition) is 1. The lowest BCUT2D eigenvalue weighted by Gasteiger charge is -2.30. The van der Waals surface area contributed by atoms with Gasteiger partial charge in [-0.15, -0.1) is 0 Å². The summed E-state index contributed by atoms with van der Waals surface area (Å²) >= 11 is 2.29. The van der Waals surface area contributed by atoms with E-state index >= 15 is 0 Å². The Labute approximate surface area is 130 Å². The Morgan fingerprint density at radius 1 is 1.30 bits per heavy atom. The predicted octanol–water partition coefficient (Wildman–Crippen LogP) is 3.09. The van der Waals surface area contributed by atoms with Gasteiger partial charge < -0.3 is 10.0 Å². The molecule has 1 aromatic heterocycles. The van der Waals surface area contributed by atoms with Crippen LogP contribution in [0.15, 0.2) is 24.5 Å². The lowest BCUT2D eigenvalue weighted by Crippen LogP contribution is -2.37. The van der Waals surface area contributed by atoms with Crippen LogP contribution in [0.1, 0.15) is 24.5 Å². The zero-order valence-corrected chi connectivity index (χ0v) is 12.9. The molecule has 0 unspecified atom stereocenters. The number of benzene rings is 1. The monoisotopic (exact) mass is 383 g/mol. The van der Waals surface area contributed by atoms with Crippen LogP contribution < -0.4 is 0 Å². The molecule has 0 bridgehead atoms. The fraction of sp³-hybridized carbons (Fsp3) is 0.357. The second-order valence-corrected chi connectivity index (χ2v) is 6.21. The SMILES string of the molecule is O=C(O)N1CCC(c2ncnc3ccc(I)cc23)CC1. The standard InChI is InChI=1S/C14H14IN3O2/c15-10-1-2-12-11(7-10)13(17-8-16-12)9-3-5-18(6-4-9)14(19)20/h1-2,7-9H,3-6H2,(H,19,20). The second kappa shape index (κ2) is 5.51. The first-order valence-corrected chi connectivity index (χ1v) is 7.61. The molecule has 3 rings (SSSR count). The number of halogens is 1. The molecule has 1 amide bonds. The van der Waals surface area contributed by atoms with Crippen LogP contribution in [-0.4, -0.2) is 39.2 Å². The number of rotatable bonds is 1. The first kappa shape index (κ1) is 13.5. The van der Waals surface area contributed by atoms with Crippen LogP contribution in [0.2, 0.25) is 0 Å². The molecule has 1 fully saturated rings. The number of nitrogens with zero attached hydrogens (tertiary/aromatic N) is 3. The molecule has 20 heavy (non-hydrogen) atoms. The maximum Gasteiger partial charge on any atom is 0.407 e. The van der Waals surface area contributed by atoms with E-state index in [0.717, 1.165) is 33.0 Å². The molecule has 1 aliphatic rings. The van der Waals surface area contributed by atoms with Crippen molar-refractivity contribution in [3.8, 4) is 0 Å². The molecule has 0 atom stereocenters. The van der Waals surface area contributed by atoms with Gasteiger partial charge in [-0.3, -0.25) is 0 Å². The van der Waals surface area contributed by atoms with Crippen molar-refractivity contribution in [2.45, 2.75) is 18.8 Å². The minimum Gasteiger partial charge on any atom is -0.465 e. The van der Waals surface area contributed by atoms with Crippen LogP contribution in [0.5, 0.6) is 0 Å². The quantitative estimate of drug-likeness (QED) is 0.769.